The van der Waals surface area contributed by atoms with Gasteiger partial charge in [0.15, 0.2) is 14.9 Å². The molecule has 0 aliphatic carbocycles. The molecule has 124 valence electrons. The topological polar surface area (TPSA) is 96.4 Å². The van der Waals surface area contributed by atoms with E-state index in [0.717, 1.165) is 12.8 Å². The van der Waals surface area contributed by atoms with Gasteiger partial charge in [-0.2, -0.15) is 0 Å². The quantitative estimate of drug-likeness (QED) is 0.799. The average Bonchev–Trinajstić information content (AvgIpc) is 2.42. The standard InChI is InChI=1S/C15H24N2O4S/c1-5-6-7-12(14(18)19)17-11-8-9-13(16-10-11)22(20,21)15(2,3)4/h8-10,12,17H,5-7H2,1-4H3,(H,18,19)/t12-/m0/s1. The van der Waals surface area contributed by atoms with Crippen molar-refractivity contribution in [3.8, 4) is 0 Å². The second kappa shape index (κ2) is 7.09. The number of rotatable bonds is 7. The highest BCUT2D eigenvalue weighted by atomic mass is 32.2. The molecule has 0 saturated heterocycles. The molecule has 0 amide bonds. The van der Waals surface area contributed by atoms with E-state index in [1.165, 1.54) is 12.3 Å². The van der Waals surface area contributed by atoms with Crippen molar-refractivity contribution in [3.05, 3.63) is 18.3 Å². The predicted octanol–water partition coefficient (Wildman–Crippen LogP) is 2.71. The van der Waals surface area contributed by atoms with Crippen LogP contribution in [-0.2, 0) is 14.6 Å². The molecule has 6 nitrogen and oxygen atoms in total. The maximum Gasteiger partial charge on any atom is 0.326 e. The van der Waals surface area contributed by atoms with Crippen LogP contribution in [0.15, 0.2) is 23.4 Å². The van der Waals surface area contributed by atoms with E-state index < -0.39 is 26.6 Å². The van der Waals surface area contributed by atoms with Gasteiger partial charge in [0.25, 0.3) is 0 Å². The molecule has 0 saturated carbocycles. The summed E-state index contributed by atoms with van der Waals surface area (Å²) in [5.41, 5.74) is 0.497. The van der Waals surface area contributed by atoms with Gasteiger partial charge in [0, 0.05) is 0 Å². The third-order valence-corrected chi connectivity index (χ3v) is 5.71. The molecule has 1 rings (SSSR count). The van der Waals surface area contributed by atoms with Crippen molar-refractivity contribution in [1.29, 1.82) is 0 Å². The third-order valence-electron chi connectivity index (χ3n) is 3.30. The highest BCUT2D eigenvalue weighted by Crippen LogP contribution is 2.24. The lowest BCUT2D eigenvalue weighted by atomic mass is 10.1. The molecule has 0 aliphatic heterocycles. The van der Waals surface area contributed by atoms with Crippen molar-refractivity contribution in [1.82, 2.24) is 4.98 Å². The summed E-state index contributed by atoms with van der Waals surface area (Å²) in [4.78, 5) is 15.2. The summed E-state index contributed by atoms with van der Waals surface area (Å²) in [5.74, 6) is -0.931. The van der Waals surface area contributed by atoms with Crippen molar-refractivity contribution >= 4 is 21.5 Å². The van der Waals surface area contributed by atoms with E-state index in [1.54, 1.807) is 26.8 Å². The monoisotopic (exact) mass is 328 g/mol. The van der Waals surface area contributed by atoms with Crippen molar-refractivity contribution in [2.75, 3.05) is 5.32 Å². The Morgan fingerprint density at radius 3 is 2.41 bits per heavy atom. The number of hydrogen-bond acceptors (Lipinski definition) is 5. The van der Waals surface area contributed by atoms with Gasteiger partial charge >= 0.3 is 5.97 Å². The van der Waals surface area contributed by atoms with Gasteiger partial charge in [-0.05, 0) is 39.3 Å². The summed E-state index contributed by atoms with van der Waals surface area (Å²) in [6.45, 7) is 6.83. The van der Waals surface area contributed by atoms with Crippen LogP contribution in [0.25, 0.3) is 0 Å². The number of sulfone groups is 1. The SMILES string of the molecule is CCCC[C@H](Nc1ccc(S(=O)(=O)C(C)(C)C)nc1)C(=O)O. The fourth-order valence-electron chi connectivity index (χ4n) is 1.81. The number of anilines is 1. The maximum absolute atomic E-state index is 12.3. The van der Waals surface area contributed by atoms with E-state index in [9.17, 15) is 18.3 Å². The van der Waals surface area contributed by atoms with Crippen LogP contribution < -0.4 is 5.32 Å². The number of carboxylic acids is 1. The average molecular weight is 328 g/mol. The first-order chi connectivity index (χ1) is 10.1. The fraction of sp³-hybridized carbons (Fsp3) is 0.600. The zero-order chi connectivity index (χ0) is 17.0. The van der Waals surface area contributed by atoms with E-state index >= 15 is 0 Å². The van der Waals surface area contributed by atoms with Gasteiger partial charge in [0.2, 0.25) is 0 Å². The number of hydrogen-bond donors (Lipinski definition) is 2. The summed E-state index contributed by atoms with van der Waals surface area (Å²) in [5, 5.41) is 12.0. The maximum atomic E-state index is 12.3. The van der Waals surface area contributed by atoms with Gasteiger partial charge in [-0.15, -0.1) is 0 Å². The minimum absolute atomic E-state index is 0.00835. The van der Waals surface area contributed by atoms with Crippen molar-refractivity contribution in [2.24, 2.45) is 0 Å². The van der Waals surface area contributed by atoms with E-state index in [-0.39, 0.29) is 5.03 Å². The molecule has 22 heavy (non-hydrogen) atoms. The molecular formula is C15H24N2O4S. The van der Waals surface area contributed by atoms with Crippen LogP contribution in [0, 0.1) is 0 Å². The third kappa shape index (κ3) is 4.43. The Labute approximate surface area is 131 Å². The Balaban J connectivity index is 2.91. The molecular weight excluding hydrogens is 304 g/mol. The zero-order valence-corrected chi connectivity index (χ0v) is 14.3. The van der Waals surface area contributed by atoms with Gasteiger partial charge in [-0.1, -0.05) is 19.8 Å². The molecule has 1 heterocycles. The van der Waals surface area contributed by atoms with E-state index in [0.29, 0.717) is 12.1 Å². The number of aromatic nitrogens is 1. The smallest absolute Gasteiger partial charge is 0.326 e. The van der Waals surface area contributed by atoms with Crippen LogP contribution in [-0.4, -0.2) is 35.3 Å². The molecule has 0 fully saturated rings. The van der Waals surface area contributed by atoms with Gasteiger partial charge in [-0.25, -0.2) is 18.2 Å². The molecule has 0 radical (unpaired) electrons. The second-order valence-corrected chi connectivity index (χ2v) is 8.83. The van der Waals surface area contributed by atoms with Crippen LogP contribution in [0.1, 0.15) is 47.0 Å². The van der Waals surface area contributed by atoms with Crippen LogP contribution in [0.5, 0.6) is 0 Å². The molecule has 1 aromatic rings. The molecule has 0 aromatic carbocycles. The first kappa shape index (κ1) is 18.4. The summed E-state index contributed by atoms with van der Waals surface area (Å²) < 4.78 is 23.6. The largest absolute Gasteiger partial charge is 0.480 e. The Morgan fingerprint density at radius 1 is 1.36 bits per heavy atom. The van der Waals surface area contributed by atoms with E-state index in [1.807, 2.05) is 6.92 Å². The van der Waals surface area contributed by atoms with E-state index in [4.69, 9.17) is 0 Å². The normalized spacial score (nSPS) is 13.6. The summed E-state index contributed by atoms with van der Waals surface area (Å²) in [6, 6.07) is 2.25. The number of nitrogens with zero attached hydrogens (tertiary/aromatic N) is 1. The molecule has 1 atom stereocenters. The Hall–Kier alpha value is -1.63. The second-order valence-electron chi connectivity index (χ2n) is 6.18. The molecule has 2 N–H and O–H groups in total. The van der Waals surface area contributed by atoms with Gasteiger partial charge in [0.1, 0.15) is 6.04 Å². The van der Waals surface area contributed by atoms with Gasteiger partial charge in [-0.3, -0.25) is 0 Å². The highest BCUT2D eigenvalue weighted by molar-refractivity contribution is 7.92. The van der Waals surface area contributed by atoms with Gasteiger partial charge < -0.3 is 10.4 Å². The lowest BCUT2D eigenvalue weighted by Crippen LogP contribution is -2.30. The summed E-state index contributed by atoms with van der Waals surface area (Å²) in [7, 11) is -3.51. The Kier molecular flexibility index (Phi) is 5.93. The fourth-order valence-corrected chi connectivity index (χ4v) is 2.87. The number of unbranched alkanes of at least 4 members (excludes halogenated alkanes) is 1. The lowest BCUT2D eigenvalue weighted by molar-refractivity contribution is -0.138. The lowest BCUT2D eigenvalue weighted by Gasteiger charge is -2.19. The van der Waals surface area contributed by atoms with Crippen LogP contribution >= 0.6 is 0 Å². The zero-order valence-electron chi connectivity index (χ0n) is 13.5. The summed E-state index contributed by atoms with van der Waals surface area (Å²) in [6.07, 6.45) is 3.58. The molecule has 0 unspecified atom stereocenters. The van der Waals surface area contributed by atoms with E-state index in [2.05, 4.69) is 10.3 Å². The molecule has 0 bridgehead atoms. The molecule has 0 aliphatic rings. The first-order valence-electron chi connectivity index (χ1n) is 7.29. The minimum Gasteiger partial charge on any atom is -0.480 e. The number of pyridine rings is 1. The minimum atomic E-state index is -3.51. The van der Waals surface area contributed by atoms with Crippen molar-refractivity contribution < 1.29 is 18.3 Å². The van der Waals surface area contributed by atoms with Gasteiger partial charge in [0.05, 0.1) is 16.6 Å². The number of carbonyl (C=O) groups is 1. The Bertz CT molecular complexity index is 603. The molecule has 7 heteroatoms. The molecule has 1 aromatic heterocycles. The first-order valence-corrected chi connectivity index (χ1v) is 8.78. The number of carboxylic acid groups (broad SMARTS) is 1. The summed E-state index contributed by atoms with van der Waals surface area (Å²) >= 11 is 0. The van der Waals surface area contributed by atoms with Crippen LogP contribution in [0.3, 0.4) is 0 Å². The van der Waals surface area contributed by atoms with Crippen LogP contribution in [0.4, 0.5) is 5.69 Å². The Morgan fingerprint density at radius 2 is 2.00 bits per heavy atom. The molecule has 0 spiro atoms. The van der Waals surface area contributed by atoms with Crippen LogP contribution in [0.2, 0.25) is 0 Å². The van der Waals surface area contributed by atoms with Crippen molar-refractivity contribution in [2.45, 2.75) is 62.8 Å². The van der Waals surface area contributed by atoms with Crippen molar-refractivity contribution in [3.63, 3.8) is 0 Å². The number of aliphatic carboxylic acids is 1. The predicted molar refractivity (Wildman–Crippen MR) is 85.7 cm³/mol. The highest BCUT2D eigenvalue weighted by Gasteiger charge is 2.32. The number of nitrogens with one attached hydrogen (secondary N) is 1.